The van der Waals surface area contributed by atoms with Crippen molar-refractivity contribution in [1.29, 1.82) is 0 Å². The zero-order valence-corrected chi connectivity index (χ0v) is 12.2. The Hall–Kier alpha value is -1.62. The highest BCUT2D eigenvalue weighted by atomic mass is 16.2. The Morgan fingerprint density at radius 2 is 1.95 bits per heavy atom. The Morgan fingerprint density at radius 3 is 2.55 bits per heavy atom. The first kappa shape index (κ1) is 14.8. The third kappa shape index (κ3) is 4.20. The summed E-state index contributed by atoms with van der Waals surface area (Å²) in [7, 11) is 2.13. The highest BCUT2D eigenvalue weighted by Gasteiger charge is 2.23. The van der Waals surface area contributed by atoms with E-state index in [0.29, 0.717) is 5.92 Å². The number of hydrogen-bond acceptors (Lipinski definition) is 3. The van der Waals surface area contributed by atoms with Crippen molar-refractivity contribution in [2.45, 2.75) is 32.4 Å². The van der Waals surface area contributed by atoms with Gasteiger partial charge in [-0.1, -0.05) is 0 Å². The molecule has 0 bridgehead atoms. The van der Waals surface area contributed by atoms with Gasteiger partial charge < -0.3 is 14.8 Å². The Labute approximate surface area is 119 Å². The molecule has 2 rings (SSSR count). The fraction of sp³-hybridized carbons (Fsp3) is 0.600. The summed E-state index contributed by atoms with van der Waals surface area (Å²) in [5, 5.41) is 3.07. The number of amides is 1. The van der Waals surface area contributed by atoms with Gasteiger partial charge in [-0.25, -0.2) is 0 Å². The summed E-state index contributed by atoms with van der Waals surface area (Å²) in [6, 6.07) is 3.14. The van der Waals surface area contributed by atoms with Crippen LogP contribution >= 0.6 is 0 Å². The van der Waals surface area contributed by atoms with Gasteiger partial charge in [-0.05, 0) is 45.8 Å². The molecule has 1 aromatic rings. The molecule has 20 heavy (non-hydrogen) atoms. The predicted molar refractivity (Wildman–Crippen MR) is 78.5 cm³/mol. The number of likely N-dealkylation sites (tertiary alicyclic amines) is 1. The maximum absolute atomic E-state index is 12.0. The van der Waals surface area contributed by atoms with Crippen LogP contribution in [0.15, 0.2) is 29.3 Å². The van der Waals surface area contributed by atoms with Crippen LogP contribution in [0.25, 0.3) is 0 Å². The highest BCUT2D eigenvalue weighted by Crippen LogP contribution is 2.19. The maximum Gasteiger partial charge on any atom is 0.240 e. The van der Waals surface area contributed by atoms with Crippen LogP contribution in [0.2, 0.25) is 0 Å². The molecule has 1 N–H and O–H groups in total. The van der Waals surface area contributed by atoms with E-state index in [4.69, 9.17) is 0 Å². The van der Waals surface area contributed by atoms with E-state index in [1.165, 1.54) is 12.1 Å². The number of carbonyl (C=O) groups excluding carboxylic acids is 1. The van der Waals surface area contributed by atoms with Crippen molar-refractivity contribution < 1.29 is 4.79 Å². The molecule has 0 spiro atoms. The van der Waals surface area contributed by atoms with E-state index in [1.807, 2.05) is 0 Å². The summed E-state index contributed by atoms with van der Waals surface area (Å²) in [5.41, 5.74) is -0.0404. The van der Waals surface area contributed by atoms with E-state index in [-0.39, 0.29) is 23.9 Å². The number of pyridine rings is 1. The third-order valence-electron chi connectivity index (χ3n) is 4.05. The van der Waals surface area contributed by atoms with Crippen molar-refractivity contribution in [3.8, 4) is 0 Å². The normalized spacial score (nSPS) is 18.7. The lowest BCUT2D eigenvalue weighted by Crippen LogP contribution is -2.44. The van der Waals surface area contributed by atoms with Crippen molar-refractivity contribution >= 4 is 5.91 Å². The van der Waals surface area contributed by atoms with Gasteiger partial charge in [-0.2, -0.15) is 0 Å². The first-order valence-corrected chi connectivity index (χ1v) is 7.18. The van der Waals surface area contributed by atoms with Gasteiger partial charge in [-0.3, -0.25) is 9.59 Å². The minimum atomic E-state index is -0.0404. The summed E-state index contributed by atoms with van der Waals surface area (Å²) in [5.74, 6) is 0.559. The minimum absolute atomic E-state index is 0.0000713. The van der Waals surface area contributed by atoms with Crippen molar-refractivity contribution in [2.75, 3.05) is 20.1 Å². The molecule has 0 aromatic carbocycles. The maximum atomic E-state index is 12.0. The summed E-state index contributed by atoms with van der Waals surface area (Å²) >= 11 is 0. The van der Waals surface area contributed by atoms with Gasteiger partial charge in [0, 0.05) is 30.6 Å². The monoisotopic (exact) mass is 277 g/mol. The molecule has 0 unspecified atom stereocenters. The second kappa shape index (κ2) is 6.70. The first-order chi connectivity index (χ1) is 9.54. The molecular formula is C15H23N3O2. The van der Waals surface area contributed by atoms with Crippen molar-refractivity contribution in [3.05, 3.63) is 34.7 Å². The number of nitrogens with zero attached hydrogens (tertiary/aromatic N) is 2. The lowest BCUT2D eigenvalue weighted by atomic mass is 9.90. The molecule has 0 aliphatic carbocycles. The summed E-state index contributed by atoms with van der Waals surface area (Å²) < 4.78 is 1.72. The van der Waals surface area contributed by atoms with Crippen molar-refractivity contribution in [2.24, 2.45) is 5.92 Å². The Morgan fingerprint density at radius 1 is 1.35 bits per heavy atom. The van der Waals surface area contributed by atoms with Gasteiger partial charge in [0.05, 0.1) is 0 Å². The van der Waals surface area contributed by atoms with Gasteiger partial charge >= 0.3 is 0 Å². The molecule has 1 fully saturated rings. The molecule has 0 radical (unpaired) electrons. The predicted octanol–water partition coefficient (Wildman–Crippen LogP) is 0.695. The van der Waals surface area contributed by atoms with Crippen LogP contribution in [0.1, 0.15) is 19.8 Å². The molecule has 1 aliphatic heterocycles. The number of piperidine rings is 1. The Bertz CT molecular complexity index is 484. The number of carbonyl (C=O) groups is 1. The van der Waals surface area contributed by atoms with Crippen molar-refractivity contribution in [3.63, 3.8) is 0 Å². The summed E-state index contributed by atoms with van der Waals surface area (Å²) in [6.45, 7) is 4.55. The molecule has 0 saturated carbocycles. The summed E-state index contributed by atoms with van der Waals surface area (Å²) in [6.07, 6.45) is 5.55. The molecular weight excluding hydrogens is 254 g/mol. The molecule has 1 aliphatic rings. The first-order valence-electron chi connectivity index (χ1n) is 7.18. The molecule has 110 valence electrons. The Balaban J connectivity index is 1.81. The van der Waals surface area contributed by atoms with Gasteiger partial charge in [0.15, 0.2) is 5.43 Å². The smallest absolute Gasteiger partial charge is 0.240 e. The van der Waals surface area contributed by atoms with E-state index in [2.05, 4.69) is 24.2 Å². The quantitative estimate of drug-likeness (QED) is 0.881. The van der Waals surface area contributed by atoms with Crippen LogP contribution in [-0.2, 0) is 11.3 Å². The number of aromatic nitrogens is 1. The number of nitrogens with one attached hydrogen (secondary N) is 1. The van der Waals surface area contributed by atoms with Crippen LogP contribution in [0, 0.1) is 5.92 Å². The number of rotatable bonds is 4. The zero-order valence-electron chi connectivity index (χ0n) is 12.2. The second-order valence-corrected chi connectivity index (χ2v) is 5.70. The molecule has 1 aromatic heterocycles. The van der Waals surface area contributed by atoms with Gasteiger partial charge in [0.25, 0.3) is 0 Å². The fourth-order valence-corrected chi connectivity index (χ4v) is 2.66. The number of hydrogen-bond donors (Lipinski definition) is 1. The van der Waals surface area contributed by atoms with E-state index < -0.39 is 0 Å². The lowest BCUT2D eigenvalue weighted by molar-refractivity contribution is -0.122. The average Bonchev–Trinajstić information content (AvgIpc) is 2.42. The zero-order chi connectivity index (χ0) is 14.5. The molecule has 1 atom stereocenters. The standard InChI is InChI=1S/C15H23N3O2/c1-12(13-3-7-17(2)8-4-13)16-15(20)11-18-9-5-14(19)6-10-18/h5-6,9-10,12-13H,3-4,7-8,11H2,1-2H3,(H,16,20)/t12-/m0/s1. The van der Waals surface area contributed by atoms with Gasteiger partial charge in [-0.15, -0.1) is 0 Å². The van der Waals surface area contributed by atoms with Crippen molar-refractivity contribution in [1.82, 2.24) is 14.8 Å². The fourth-order valence-electron chi connectivity index (χ4n) is 2.66. The Kier molecular flexibility index (Phi) is 4.95. The van der Waals surface area contributed by atoms with Gasteiger partial charge in [0.2, 0.25) is 5.91 Å². The molecule has 2 heterocycles. The van der Waals surface area contributed by atoms with E-state index in [1.54, 1.807) is 17.0 Å². The van der Waals surface area contributed by atoms with Crippen LogP contribution in [0.4, 0.5) is 0 Å². The van der Waals surface area contributed by atoms with Crippen LogP contribution in [0.5, 0.6) is 0 Å². The van der Waals surface area contributed by atoms with Gasteiger partial charge in [0.1, 0.15) is 6.54 Å². The molecule has 5 heteroatoms. The highest BCUT2D eigenvalue weighted by molar-refractivity contribution is 5.76. The average molecular weight is 277 g/mol. The van der Waals surface area contributed by atoms with Crippen LogP contribution < -0.4 is 10.7 Å². The van der Waals surface area contributed by atoms with E-state index in [9.17, 15) is 9.59 Å². The molecule has 1 saturated heterocycles. The lowest BCUT2D eigenvalue weighted by Gasteiger charge is -2.33. The summed E-state index contributed by atoms with van der Waals surface area (Å²) in [4.78, 5) is 25.3. The van der Waals surface area contributed by atoms with Crippen LogP contribution in [0.3, 0.4) is 0 Å². The van der Waals surface area contributed by atoms with E-state index in [0.717, 1.165) is 25.9 Å². The third-order valence-corrected chi connectivity index (χ3v) is 4.05. The molecule has 5 nitrogen and oxygen atoms in total. The second-order valence-electron chi connectivity index (χ2n) is 5.70. The minimum Gasteiger partial charge on any atom is -0.352 e. The molecule has 1 amide bonds. The van der Waals surface area contributed by atoms with E-state index >= 15 is 0 Å². The topological polar surface area (TPSA) is 54.3 Å². The van der Waals surface area contributed by atoms with Crippen LogP contribution in [-0.4, -0.2) is 41.6 Å². The largest absolute Gasteiger partial charge is 0.352 e. The SMILES string of the molecule is C[C@H](NC(=O)Cn1ccc(=O)cc1)C1CCN(C)CC1.